The lowest BCUT2D eigenvalue weighted by Crippen LogP contribution is -2.55. The van der Waals surface area contributed by atoms with Crippen LogP contribution < -0.4 is 11.1 Å². The van der Waals surface area contributed by atoms with Crippen LogP contribution in [0, 0.1) is 0 Å². The summed E-state index contributed by atoms with van der Waals surface area (Å²) in [7, 11) is 0. The number of rotatable bonds is 3. The van der Waals surface area contributed by atoms with Crippen molar-refractivity contribution < 1.29 is 0 Å². The van der Waals surface area contributed by atoms with E-state index >= 15 is 0 Å². The van der Waals surface area contributed by atoms with Gasteiger partial charge in [0.25, 0.3) is 0 Å². The van der Waals surface area contributed by atoms with Crippen molar-refractivity contribution in [3.8, 4) is 0 Å². The molecule has 0 aromatic carbocycles. The normalized spacial score (nSPS) is 23.0. The van der Waals surface area contributed by atoms with Crippen LogP contribution in [0.4, 0.5) is 0 Å². The van der Waals surface area contributed by atoms with Crippen molar-refractivity contribution in [1.29, 1.82) is 0 Å². The van der Waals surface area contributed by atoms with Crippen LogP contribution in [0.1, 0.15) is 26.7 Å². The van der Waals surface area contributed by atoms with Crippen LogP contribution in [0.15, 0.2) is 0 Å². The van der Waals surface area contributed by atoms with Gasteiger partial charge in [0.15, 0.2) is 0 Å². The fraction of sp³-hybridized carbons (Fsp3) is 1.00. The van der Waals surface area contributed by atoms with Crippen LogP contribution in [-0.4, -0.2) is 29.6 Å². The quantitative estimate of drug-likeness (QED) is 0.699. The molecule has 0 spiro atoms. The van der Waals surface area contributed by atoms with E-state index in [0.29, 0.717) is 6.04 Å². The van der Waals surface area contributed by atoms with Crippen molar-refractivity contribution in [3.63, 3.8) is 0 Å². The molecule has 0 aliphatic carbocycles. The lowest BCUT2D eigenvalue weighted by molar-refractivity contribution is 0.285. The smallest absolute Gasteiger partial charge is 0.0321 e. The fourth-order valence-electron chi connectivity index (χ4n) is 1.78. The molecule has 0 aromatic rings. The summed E-state index contributed by atoms with van der Waals surface area (Å²) < 4.78 is 0. The molecular formula is C9H20N2S. The largest absolute Gasteiger partial charge is 0.329 e. The zero-order valence-electron chi connectivity index (χ0n) is 8.10. The molecule has 0 aromatic heterocycles. The average Bonchev–Trinajstić information content (AvgIpc) is 2.05. The summed E-state index contributed by atoms with van der Waals surface area (Å²) in [5.74, 6) is 2.52. The maximum atomic E-state index is 5.81. The first kappa shape index (κ1) is 10.4. The lowest BCUT2D eigenvalue weighted by Gasteiger charge is -2.38. The van der Waals surface area contributed by atoms with Gasteiger partial charge in [0, 0.05) is 18.1 Å². The van der Waals surface area contributed by atoms with Gasteiger partial charge in [-0.15, -0.1) is 0 Å². The van der Waals surface area contributed by atoms with E-state index in [-0.39, 0.29) is 5.54 Å². The minimum atomic E-state index is 0.249. The summed E-state index contributed by atoms with van der Waals surface area (Å²) in [5, 5.41) is 3.61. The molecule has 3 N–H and O–H groups in total. The molecule has 1 aliphatic heterocycles. The van der Waals surface area contributed by atoms with Gasteiger partial charge in [-0.05, 0) is 24.3 Å². The maximum absolute atomic E-state index is 5.81. The molecule has 0 unspecified atom stereocenters. The van der Waals surface area contributed by atoms with E-state index in [0.717, 1.165) is 6.54 Å². The first-order valence-corrected chi connectivity index (χ1v) is 5.89. The van der Waals surface area contributed by atoms with Crippen molar-refractivity contribution in [2.45, 2.75) is 38.3 Å². The molecule has 1 aliphatic rings. The summed E-state index contributed by atoms with van der Waals surface area (Å²) >= 11 is 2.04. The average molecular weight is 188 g/mol. The highest BCUT2D eigenvalue weighted by Crippen LogP contribution is 2.26. The molecular weight excluding hydrogens is 168 g/mol. The predicted molar refractivity (Wildman–Crippen MR) is 56.6 cm³/mol. The van der Waals surface area contributed by atoms with E-state index in [1.165, 1.54) is 24.3 Å². The lowest BCUT2D eigenvalue weighted by atomic mass is 9.91. The van der Waals surface area contributed by atoms with E-state index in [2.05, 4.69) is 19.2 Å². The predicted octanol–water partition coefficient (Wildman–Crippen LogP) is 1.21. The molecule has 0 amide bonds. The summed E-state index contributed by atoms with van der Waals surface area (Å²) in [5.41, 5.74) is 6.06. The van der Waals surface area contributed by atoms with Crippen molar-refractivity contribution in [2.75, 3.05) is 18.1 Å². The monoisotopic (exact) mass is 188 g/mol. The molecule has 72 valence electrons. The molecule has 0 atom stereocenters. The Balaban J connectivity index is 2.48. The zero-order valence-corrected chi connectivity index (χ0v) is 8.91. The minimum absolute atomic E-state index is 0.249. The SMILES string of the molecule is CC(C)NC1(CN)CCSCC1. The Morgan fingerprint density at radius 3 is 2.42 bits per heavy atom. The Morgan fingerprint density at radius 2 is 2.00 bits per heavy atom. The summed E-state index contributed by atoms with van der Waals surface area (Å²) in [4.78, 5) is 0. The van der Waals surface area contributed by atoms with Crippen LogP contribution in [0.25, 0.3) is 0 Å². The Kier molecular flexibility index (Phi) is 3.87. The second-order valence-electron chi connectivity index (χ2n) is 3.90. The van der Waals surface area contributed by atoms with Gasteiger partial charge in [-0.1, -0.05) is 13.8 Å². The first-order valence-electron chi connectivity index (χ1n) is 4.74. The number of nitrogens with one attached hydrogen (secondary N) is 1. The van der Waals surface area contributed by atoms with Gasteiger partial charge < -0.3 is 11.1 Å². The Hall–Kier alpha value is 0.270. The molecule has 0 saturated carbocycles. The fourth-order valence-corrected chi connectivity index (χ4v) is 3.06. The van der Waals surface area contributed by atoms with E-state index in [1.54, 1.807) is 0 Å². The number of hydrogen-bond acceptors (Lipinski definition) is 3. The topological polar surface area (TPSA) is 38.0 Å². The Bertz CT molecular complexity index is 130. The van der Waals surface area contributed by atoms with Crippen molar-refractivity contribution in [1.82, 2.24) is 5.32 Å². The Labute approximate surface area is 79.7 Å². The third kappa shape index (κ3) is 2.64. The number of hydrogen-bond donors (Lipinski definition) is 2. The molecule has 12 heavy (non-hydrogen) atoms. The minimum Gasteiger partial charge on any atom is -0.329 e. The standard InChI is InChI=1S/C9H20N2S/c1-8(2)11-9(7-10)3-5-12-6-4-9/h8,11H,3-7,10H2,1-2H3. The molecule has 1 rings (SSSR count). The van der Waals surface area contributed by atoms with Crippen LogP contribution in [0.3, 0.4) is 0 Å². The van der Waals surface area contributed by atoms with Crippen LogP contribution in [0.2, 0.25) is 0 Å². The van der Waals surface area contributed by atoms with Crippen LogP contribution in [0.5, 0.6) is 0 Å². The van der Waals surface area contributed by atoms with Crippen molar-refractivity contribution in [3.05, 3.63) is 0 Å². The summed E-state index contributed by atoms with van der Waals surface area (Å²) in [6.07, 6.45) is 2.46. The van der Waals surface area contributed by atoms with Crippen LogP contribution >= 0.6 is 11.8 Å². The van der Waals surface area contributed by atoms with Gasteiger partial charge >= 0.3 is 0 Å². The molecule has 1 saturated heterocycles. The van der Waals surface area contributed by atoms with Crippen LogP contribution in [-0.2, 0) is 0 Å². The van der Waals surface area contributed by atoms with E-state index < -0.39 is 0 Å². The highest BCUT2D eigenvalue weighted by Gasteiger charge is 2.30. The van der Waals surface area contributed by atoms with E-state index in [1.807, 2.05) is 11.8 Å². The van der Waals surface area contributed by atoms with Gasteiger partial charge in [-0.3, -0.25) is 0 Å². The number of nitrogens with two attached hydrogens (primary N) is 1. The van der Waals surface area contributed by atoms with Gasteiger partial charge in [0.1, 0.15) is 0 Å². The molecule has 1 fully saturated rings. The molecule has 2 nitrogen and oxygen atoms in total. The third-order valence-electron chi connectivity index (χ3n) is 2.44. The highest BCUT2D eigenvalue weighted by molar-refractivity contribution is 7.99. The molecule has 1 heterocycles. The second kappa shape index (κ2) is 4.49. The van der Waals surface area contributed by atoms with Gasteiger partial charge in [-0.25, -0.2) is 0 Å². The van der Waals surface area contributed by atoms with Crippen molar-refractivity contribution in [2.24, 2.45) is 5.73 Å². The zero-order chi connectivity index (χ0) is 9.03. The second-order valence-corrected chi connectivity index (χ2v) is 5.12. The molecule has 3 heteroatoms. The van der Waals surface area contributed by atoms with E-state index in [9.17, 15) is 0 Å². The van der Waals surface area contributed by atoms with Gasteiger partial charge in [0.05, 0.1) is 0 Å². The van der Waals surface area contributed by atoms with Gasteiger partial charge in [-0.2, -0.15) is 11.8 Å². The summed E-state index contributed by atoms with van der Waals surface area (Å²) in [6.45, 7) is 5.17. The summed E-state index contributed by atoms with van der Waals surface area (Å²) in [6, 6.07) is 0.552. The van der Waals surface area contributed by atoms with Crippen molar-refractivity contribution >= 4 is 11.8 Å². The number of thioether (sulfide) groups is 1. The first-order chi connectivity index (χ1) is 5.68. The van der Waals surface area contributed by atoms with Gasteiger partial charge in [0.2, 0.25) is 0 Å². The van der Waals surface area contributed by atoms with E-state index in [4.69, 9.17) is 5.73 Å². The maximum Gasteiger partial charge on any atom is 0.0321 e. The Morgan fingerprint density at radius 1 is 1.42 bits per heavy atom. The third-order valence-corrected chi connectivity index (χ3v) is 3.42. The highest BCUT2D eigenvalue weighted by atomic mass is 32.2. The molecule has 0 radical (unpaired) electrons. The molecule has 0 bridgehead atoms.